The summed E-state index contributed by atoms with van der Waals surface area (Å²) in [7, 11) is 0. The van der Waals surface area contributed by atoms with Gasteiger partial charge in [0.1, 0.15) is 5.54 Å². The first kappa shape index (κ1) is 12.8. The minimum absolute atomic E-state index is 0.0487. The lowest BCUT2D eigenvalue weighted by atomic mass is 9.54. The van der Waals surface area contributed by atoms with Crippen molar-refractivity contribution in [3.63, 3.8) is 0 Å². The Morgan fingerprint density at radius 3 is 2.53 bits per heavy atom. The van der Waals surface area contributed by atoms with Crippen LogP contribution in [0.15, 0.2) is 0 Å². The molecule has 0 aromatic carbocycles. The van der Waals surface area contributed by atoms with Gasteiger partial charge in [-0.2, -0.15) is 0 Å². The van der Waals surface area contributed by atoms with Crippen molar-refractivity contribution in [2.75, 3.05) is 19.7 Å². The molecule has 0 spiro atoms. The van der Waals surface area contributed by atoms with Crippen LogP contribution in [-0.2, 0) is 9.53 Å². The van der Waals surface area contributed by atoms with E-state index in [1.165, 1.54) is 0 Å². The number of aliphatic hydroxyl groups is 1. The average molecular weight is 242 g/mol. The van der Waals surface area contributed by atoms with Crippen LogP contribution in [-0.4, -0.2) is 53.4 Å². The zero-order chi connectivity index (χ0) is 12.8. The number of hydrogen-bond acceptors (Lipinski definition) is 4. The van der Waals surface area contributed by atoms with Crippen molar-refractivity contribution in [2.45, 2.75) is 44.9 Å². The molecule has 0 radical (unpaired) electrons. The number of rotatable bonds is 3. The first-order valence-electron chi connectivity index (χ1n) is 6.21. The summed E-state index contributed by atoms with van der Waals surface area (Å²) in [5.74, 6) is -0.0521. The molecule has 1 saturated heterocycles. The van der Waals surface area contributed by atoms with Gasteiger partial charge in [0.05, 0.1) is 12.2 Å². The Hall–Kier alpha value is -0.650. The number of likely N-dealkylation sites (tertiary alicyclic amines) is 1. The number of nitrogens with zero attached hydrogens (tertiary/aromatic N) is 1. The molecule has 17 heavy (non-hydrogen) atoms. The second kappa shape index (κ2) is 3.93. The Morgan fingerprint density at radius 2 is 2.12 bits per heavy atom. The van der Waals surface area contributed by atoms with Gasteiger partial charge in [0.2, 0.25) is 5.91 Å². The van der Waals surface area contributed by atoms with E-state index in [2.05, 4.69) is 0 Å². The van der Waals surface area contributed by atoms with Crippen molar-refractivity contribution in [2.24, 2.45) is 11.1 Å². The van der Waals surface area contributed by atoms with Gasteiger partial charge in [-0.1, -0.05) is 13.8 Å². The van der Waals surface area contributed by atoms with E-state index in [4.69, 9.17) is 10.5 Å². The summed E-state index contributed by atoms with van der Waals surface area (Å²) in [6, 6.07) is 0. The molecule has 2 aliphatic rings. The molecule has 0 aromatic heterocycles. The first-order chi connectivity index (χ1) is 7.83. The number of hydrogen-bond donors (Lipinski definition) is 2. The van der Waals surface area contributed by atoms with Crippen molar-refractivity contribution in [3.8, 4) is 0 Å². The fraction of sp³-hybridized carbons (Fsp3) is 0.917. The fourth-order valence-electron chi connectivity index (χ4n) is 2.70. The van der Waals surface area contributed by atoms with Gasteiger partial charge in [0.15, 0.2) is 0 Å². The van der Waals surface area contributed by atoms with E-state index in [0.29, 0.717) is 26.1 Å². The minimum atomic E-state index is -0.840. The van der Waals surface area contributed by atoms with Crippen LogP contribution in [0.1, 0.15) is 27.2 Å². The minimum Gasteiger partial charge on any atom is -0.389 e. The highest BCUT2D eigenvalue weighted by Crippen LogP contribution is 2.50. The standard InChI is InChI=1S/C12H22N2O3/c1-4-17-9-5-12(13,11(9,2)3)10(16)14-6-8(15)7-14/h8-9,15H,4-7,13H2,1-3H3. The van der Waals surface area contributed by atoms with E-state index in [9.17, 15) is 9.90 Å². The molecule has 1 amide bonds. The maximum absolute atomic E-state index is 12.3. The average Bonchev–Trinajstić information content (AvgIpc) is 2.23. The molecule has 2 rings (SSSR count). The van der Waals surface area contributed by atoms with Gasteiger partial charge < -0.3 is 20.5 Å². The van der Waals surface area contributed by atoms with Crippen LogP contribution < -0.4 is 5.73 Å². The van der Waals surface area contributed by atoms with E-state index < -0.39 is 5.54 Å². The number of nitrogens with two attached hydrogens (primary N) is 1. The smallest absolute Gasteiger partial charge is 0.243 e. The van der Waals surface area contributed by atoms with Crippen molar-refractivity contribution >= 4 is 5.91 Å². The van der Waals surface area contributed by atoms with Crippen LogP contribution in [0.25, 0.3) is 0 Å². The monoisotopic (exact) mass is 242 g/mol. The molecular weight excluding hydrogens is 220 g/mol. The molecule has 1 aliphatic heterocycles. The molecular formula is C12H22N2O3. The third-order valence-electron chi connectivity index (χ3n) is 4.36. The van der Waals surface area contributed by atoms with Crippen LogP contribution in [0.4, 0.5) is 0 Å². The fourth-order valence-corrected chi connectivity index (χ4v) is 2.70. The quantitative estimate of drug-likeness (QED) is 0.714. The van der Waals surface area contributed by atoms with Crippen molar-refractivity contribution in [3.05, 3.63) is 0 Å². The molecule has 5 nitrogen and oxygen atoms in total. The predicted molar refractivity (Wildman–Crippen MR) is 63.3 cm³/mol. The Morgan fingerprint density at radius 1 is 1.53 bits per heavy atom. The van der Waals surface area contributed by atoms with Gasteiger partial charge in [-0.15, -0.1) is 0 Å². The summed E-state index contributed by atoms with van der Waals surface area (Å²) in [6.07, 6.45) is 0.236. The van der Waals surface area contributed by atoms with Crippen molar-refractivity contribution in [1.82, 2.24) is 4.90 Å². The summed E-state index contributed by atoms with van der Waals surface area (Å²) in [6.45, 7) is 7.36. The summed E-state index contributed by atoms with van der Waals surface area (Å²) in [4.78, 5) is 13.9. The van der Waals surface area contributed by atoms with E-state index >= 15 is 0 Å². The normalized spacial score (nSPS) is 36.3. The number of carbonyl (C=O) groups is 1. The highest BCUT2D eigenvalue weighted by atomic mass is 16.5. The van der Waals surface area contributed by atoms with E-state index in [1.54, 1.807) is 4.90 Å². The van der Waals surface area contributed by atoms with E-state index in [0.717, 1.165) is 0 Å². The SMILES string of the molecule is CCOC1CC(N)(C(=O)N2CC(O)C2)C1(C)C. The van der Waals surface area contributed by atoms with Crippen molar-refractivity contribution < 1.29 is 14.6 Å². The lowest BCUT2D eigenvalue weighted by Crippen LogP contribution is -2.77. The number of β-amino-alcohol motifs (C(OH)–C–C–N with tert-alkyl or cyclic N) is 1. The van der Waals surface area contributed by atoms with Gasteiger partial charge in [0, 0.05) is 31.5 Å². The highest BCUT2D eigenvalue weighted by Gasteiger charge is 2.64. The van der Waals surface area contributed by atoms with Gasteiger partial charge in [0.25, 0.3) is 0 Å². The summed E-state index contributed by atoms with van der Waals surface area (Å²) >= 11 is 0. The van der Waals surface area contributed by atoms with Crippen LogP contribution in [0.2, 0.25) is 0 Å². The second-order valence-electron chi connectivity index (χ2n) is 5.71. The van der Waals surface area contributed by atoms with Gasteiger partial charge in [-0.25, -0.2) is 0 Å². The molecule has 2 unspecified atom stereocenters. The lowest BCUT2D eigenvalue weighted by Gasteiger charge is -2.59. The third kappa shape index (κ3) is 1.68. The Kier molecular flexibility index (Phi) is 2.96. The molecule has 3 N–H and O–H groups in total. The predicted octanol–water partition coefficient (Wildman–Crippen LogP) is -0.278. The summed E-state index contributed by atoms with van der Waals surface area (Å²) < 4.78 is 5.59. The van der Waals surface area contributed by atoms with Gasteiger partial charge in [-0.05, 0) is 6.92 Å². The lowest BCUT2D eigenvalue weighted by molar-refractivity contribution is -0.186. The Labute approximate surface area is 102 Å². The van der Waals surface area contributed by atoms with Crippen molar-refractivity contribution in [1.29, 1.82) is 0 Å². The second-order valence-corrected chi connectivity index (χ2v) is 5.71. The Bertz CT molecular complexity index is 326. The van der Waals surface area contributed by atoms with Gasteiger partial charge >= 0.3 is 0 Å². The maximum Gasteiger partial charge on any atom is 0.243 e. The van der Waals surface area contributed by atoms with E-state index in [-0.39, 0.29) is 23.5 Å². The zero-order valence-corrected chi connectivity index (χ0v) is 10.8. The molecule has 0 bridgehead atoms. The summed E-state index contributed by atoms with van der Waals surface area (Å²) in [5, 5.41) is 9.23. The van der Waals surface area contributed by atoms with Crippen LogP contribution in [0.5, 0.6) is 0 Å². The maximum atomic E-state index is 12.3. The van der Waals surface area contributed by atoms with Crippen LogP contribution in [0, 0.1) is 5.41 Å². The zero-order valence-electron chi connectivity index (χ0n) is 10.8. The topological polar surface area (TPSA) is 75.8 Å². The largest absolute Gasteiger partial charge is 0.389 e. The third-order valence-corrected chi connectivity index (χ3v) is 4.36. The van der Waals surface area contributed by atoms with Gasteiger partial charge in [-0.3, -0.25) is 4.79 Å². The highest BCUT2D eigenvalue weighted by molar-refractivity contribution is 5.89. The number of carbonyl (C=O) groups excluding carboxylic acids is 1. The van der Waals surface area contributed by atoms with Crippen LogP contribution >= 0.6 is 0 Å². The molecule has 0 aromatic rings. The number of aliphatic hydroxyl groups excluding tert-OH is 1. The summed E-state index contributed by atoms with van der Waals surface area (Å²) in [5.41, 5.74) is 5.06. The molecule has 98 valence electrons. The van der Waals surface area contributed by atoms with Crippen LogP contribution in [0.3, 0.4) is 0 Å². The number of amides is 1. The first-order valence-corrected chi connectivity index (χ1v) is 6.21. The molecule has 2 atom stereocenters. The molecule has 1 heterocycles. The molecule has 1 aliphatic carbocycles. The molecule has 2 fully saturated rings. The number of ether oxygens (including phenoxy) is 1. The van der Waals surface area contributed by atoms with E-state index in [1.807, 2.05) is 20.8 Å². The Balaban J connectivity index is 2.03. The molecule has 1 saturated carbocycles. The molecule has 5 heteroatoms.